The zero-order chi connectivity index (χ0) is 34.7. The van der Waals surface area contributed by atoms with E-state index in [0.717, 1.165) is 0 Å². The molecule has 0 radical (unpaired) electrons. The Kier molecular flexibility index (Phi) is 13.4. The van der Waals surface area contributed by atoms with Crippen molar-refractivity contribution in [1.29, 1.82) is 0 Å². The van der Waals surface area contributed by atoms with E-state index in [4.69, 9.17) is 0 Å². The highest BCUT2D eigenvalue weighted by Gasteiger charge is 2.13. The highest BCUT2D eigenvalue weighted by molar-refractivity contribution is 6.20. The van der Waals surface area contributed by atoms with E-state index in [2.05, 4.69) is 97.7 Å². The van der Waals surface area contributed by atoms with Crippen molar-refractivity contribution in [3.63, 3.8) is 0 Å². The van der Waals surface area contributed by atoms with Gasteiger partial charge in [0.15, 0.2) is 0 Å². The Morgan fingerprint density at radius 2 is 0.680 bits per heavy atom. The van der Waals surface area contributed by atoms with Crippen LogP contribution in [0.5, 0.6) is 0 Å². The summed E-state index contributed by atoms with van der Waals surface area (Å²) < 4.78 is 4.93. The number of aromatic nitrogens is 2. The van der Waals surface area contributed by atoms with E-state index >= 15 is 0 Å². The van der Waals surface area contributed by atoms with E-state index in [-0.39, 0.29) is 0 Å². The number of unbranched alkanes of at least 4 members (excludes halogenated alkanes) is 18. The lowest BCUT2D eigenvalue weighted by Gasteiger charge is -2.10. The Balaban J connectivity index is 1.12. The van der Waals surface area contributed by atoms with Crippen LogP contribution >= 0.6 is 0 Å². The van der Waals surface area contributed by atoms with E-state index in [9.17, 15) is 0 Å². The van der Waals surface area contributed by atoms with Gasteiger partial charge in [-0.1, -0.05) is 154 Å². The van der Waals surface area contributed by atoms with Gasteiger partial charge >= 0.3 is 0 Å². The maximum Gasteiger partial charge on any atom is 0.0486 e. The Bertz CT molecular complexity index is 1820. The van der Waals surface area contributed by atoms with Crippen molar-refractivity contribution in [3.05, 3.63) is 72.1 Å². The molecule has 0 aliphatic carbocycles. The Labute approximate surface area is 303 Å². The quantitative estimate of drug-likeness (QED) is 0.0502. The molecule has 50 heavy (non-hydrogen) atoms. The molecule has 0 aliphatic rings. The third kappa shape index (κ3) is 8.78. The van der Waals surface area contributed by atoms with Gasteiger partial charge in [0.25, 0.3) is 0 Å². The molecule has 6 rings (SSSR count). The van der Waals surface area contributed by atoms with Gasteiger partial charge in [0.05, 0.1) is 0 Å². The molecule has 0 aliphatic heterocycles. The molecule has 2 aromatic heterocycles. The number of hydrogen-bond donors (Lipinski definition) is 0. The first-order valence-corrected chi connectivity index (χ1v) is 20.9. The van der Waals surface area contributed by atoms with Crippen LogP contribution in [0, 0.1) is 0 Å². The summed E-state index contributed by atoms with van der Waals surface area (Å²) in [5, 5.41) is 10.9. The predicted molar refractivity (Wildman–Crippen MR) is 223 cm³/mol. The van der Waals surface area contributed by atoms with Crippen molar-refractivity contribution in [3.8, 4) is 0 Å². The van der Waals surface area contributed by atoms with Crippen molar-refractivity contribution < 1.29 is 0 Å². The maximum absolute atomic E-state index is 2.46. The summed E-state index contributed by atoms with van der Waals surface area (Å²) in [7, 11) is 4.55. The number of rotatable bonds is 22. The van der Waals surface area contributed by atoms with Gasteiger partial charge in [-0.05, 0) is 94.4 Å². The van der Waals surface area contributed by atoms with Crippen molar-refractivity contribution >= 4 is 54.1 Å². The van der Waals surface area contributed by atoms with Crippen molar-refractivity contribution in [2.75, 3.05) is 0 Å². The lowest BCUT2D eigenvalue weighted by atomic mass is 9.95. The van der Waals surface area contributed by atoms with Crippen LogP contribution in [0.25, 0.3) is 54.1 Å². The first kappa shape index (κ1) is 36.5. The highest BCUT2D eigenvalue weighted by atomic mass is 14.9. The summed E-state index contributed by atoms with van der Waals surface area (Å²) in [6.45, 7) is 4.60. The van der Waals surface area contributed by atoms with Crippen LogP contribution < -0.4 is 0 Å². The molecule has 4 aromatic carbocycles. The summed E-state index contributed by atoms with van der Waals surface area (Å²) >= 11 is 0. The van der Waals surface area contributed by atoms with E-state index in [1.807, 2.05) is 0 Å². The average molecular weight is 671 g/mol. The topological polar surface area (TPSA) is 9.86 Å². The normalized spacial score (nSPS) is 12.2. The first-order chi connectivity index (χ1) is 24.6. The second-order valence-electron chi connectivity index (χ2n) is 15.7. The third-order valence-electron chi connectivity index (χ3n) is 11.9. The van der Waals surface area contributed by atoms with Gasteiger partial charge in [-0.3, -0.25) is 0 Å². The molecule has 0 saturated heterocycles. The monoisotopic (exact) mass is 671 g/mol. The first-order valence-electron chi connectivity index (χ1n) is 20.9. The molecule has 2 nitrogen and oxygen atoms in total. The Morgan fingerprint density at radius 1 is 0.340 bits per heavy atom. The lowest BCUT2D eigenvalue weighted by Crippen LogP contribution is -1.96. The van der Waals surface area contributed by atoms with E-state index in [1.165, 1.54) is 207 Å². The van der Waals surface area contributed by atoms with Crippen LogP contribution in [-0.4, -0.2) is 9.13 Å². The second kappa shape index (κ2) is 18.3. The molecule has 0 bridgehead atoms. The molecule has 0 unspecified atom stereocenters. The maximum atomic E-state index is 2.46. The van der Waals surface area contributed by atoms with Gasteiger partial charge in [0.2, 0.25) is 0 Å². The lowest BCUT2D eigenvalue weighted by molar-refractivity contribution is 0.554. The largest absolute Gasteiger partial charge is 0.348 e. The molecule has 6 aromatic rings. The molecule has 0 fully saturated rings. The molecular formula is C48H66N2. The van der Waals surface area contributed by atoms with Gasteiger partial charge < -0.3 is 9.13 Å². The van der Waals surface area contributed by atoms with Gasteiger partial charge in [0.1, 0.15) is 0 Å². The Hall–Kier alpha value is -3.26. The molecule has 0 saturated carbocycles. The van der Waals surface area contributed by atoms with Crippen LogP contribution in [-0.2, 0) is 26.9 Å². The van der Waals surface area contributed by atoms with Crippen LogP contribution in [0.3, 0.4) is 0 Å². The standard InChI is InChI=1S/C48H66N2/c1-5-7-9-11-13-15-17-19-21-23-25-41-33-39-31-37-27-29-44-43(45(37)35-47(39)49(41)3)30-28-38-32-40-34-42(50(4)48(40)36-46(38)44)26-24-22-20-18-16-14-12-10-8-6-2/h27-36H,5-26H2,1-4H3. The van der Waals surface area contributed by atoms with Crippen LogP contribution in [0.2, 0.25) is 0 Å². The fourth-order valence-electron chi connectivity index (χ4n) is 8.72. The molecule has 0 amide bonds. The molecular weight excluding hydrogens is 605 g/mol. The van der Waals surface area contributed by atoms with Gasteiger partial charge in [-0.2, -0.15) is 0 Å². The fraction of sp³-hybridized carbons (Fsp3) is 0.542. The van der Waals surface area contributed by atoms with E-state index in [1.54, 1.807) is 0 Å². The van der Waals surface area contributed by atoms with Crippen molar-refractivity contribution in [2.24, 2.45) is 14.1 Å². The fourth-order valence-corrected chi connectivity index (χ4v) is 8.72. The minimum atomic E-state index is 1.18. The molecule has 2 heterocycles. The molecule has 0 spiro atoms. The molecule has 2 heteroatoms. The van der Waals surface area contributed by atoms with Crippen LogP contribution in [0.15, 0.2) is 60.7 Å². The third-order valence-corrected chi connectivity index (χ3v) is 11.9. The molecule has 0 atom stereocenters. The summed E-state index contributed by atoms with van der Waals surface area (Å²) in [6, 6.07) is 24.2. The summed E-state index contributed by atoms with van der Waals surface area (Å²) in [5.74, 6) is 0. The average Bonchev–Trinajstić information content (AvgIpc) is 3.61. The Morgan fingerprint density at radius 3 is 1.04 bits per heavy atom. The van der Waals surface area contributed by atoms with Crippen LogP contribution in [0.4, 0.5) is 0 Å². The second-order valence-corrected chi connectivity index (χ2v) is 15.7. The minimum absolute atomic E-state index is 1.18. The number of aryl methyl sites for hydroxylation is 4. The zero-order valence-corrected chi connectivity index (χ0v) is 32.2. The highest BCUT2D eigenvalue weighted by Crippen LogP contribution is 2.36. The van der Waals surface area contributed by atoms with Gasteiger partial charge in [-0.25, -0.2) is 0 Å². The summed E-state index contributed by atoms with van der Waals surface area (Å²) in [4.78, 5) is 0. The smallest absolute Gasteiger partial charge is 0.0486 e. The summed E-state index contributed by atoms with van der Waals surface area (Å²) in [5.41, 5.74) is 5.68. The van der Waals surface area contributed by atoms with E-state index < -0.39 is 0 Å². The van der Waals surface area contributed by atoms with Gasteiger partial charge in [0, 0.05) is 47.3 Å². The molecule has 0 N–H and O–H groups in total. The van der Waals surface area contributed by atoms with Gasteiger partial charge in [-0.15, -0.1) is 0 Å². The van der Waals surface area contributed by atoms with Crippen LogP contribution in [0.1, 0.15) is 154 Å². The minimum Gasteiger partial charge on any atom is -0.348 e. The number of benzene rings is 4. The number of hydrogen-bond acceptors (Lipinski definition) is 0. The summed E-state index contributed by atoms with van der Waals surface area (Å²) in [6.07, 6.45) is 30.2. The van der Waals surface area contributed by atoms with E-state index in [0.29, 0.717) is 0 Å². The number of nitrogens with zero attached hydrogens (tertiary/aromatic N) is 2. The zero-order valence-electron chi connectivity index (χ0n) is 32.2. The predicted octanol–water partition coefficient (Wildman–Crippen LogP) is 15.1. The number of fused-ring (bicyclic) bond motifs is 7. The van der Waals surface area contributed by atoms with Crippen molar-refractivity contribution in [2.45, 2.75) is 155 Å². The van der Waals surface area contributed by atoms with Crippen molar-refractivity contribution in [1.82, 2.24) is 9.13 Å². The molecule has 268 valence electrons. The SMILES string of the molecule is CCCCCCCCCCCCc1cc2cc3ccc4c5cc6c(cc(CCCCCCCCCCCC)n6C)cc5ccc4c3cc2n1C.